The van der Waals surface area contributed by atoms with Crippen molar-refractivity contribution in [2.45, 2.75) is 39.4 Å². The number of hydrogen-bond acceptors (Lipinski definition) is 1. The van der Waals surface area contributed by atoms with Gasteiger partial charge in [-0.05, 0) is 25.3 Å². The van der Waals surface area contributed by atoms with Crippen molar-refractivity contribution in [3.05, 3.63) is 16.5 Å². The molecule has 0 radical (unpaired) electrons. The van der Waals surface area contributed by atoms with Gasteiger partial charge in [0.25, 0.3) is 0 Å². The van der Waals surface area contributed by atoms with Gasteiger partial charge < -0.3 is 0 Å². The van der Waals surface area contributed by atoms with Crippen molar-refractivity contribution in [3.8, 4) is 0 Å². The Balaban J connectivity index is 3.06. The van der Waals surface area contributed by atoms with Crippen molar-refractivity contribution >= 4 is 13.9 Å². The highest BCUT2D eigenvalue weighted by Gasteiger charge is 2.24. The third-order valence-corrected chi connectivity index (χ3v) is 3.88. The summed E-state index contributed by atoms with van der Waals surface area (Å²) in [6, 6.07) is 0. The van der Waals surface area contributed by atoms with E-state index in [0.717, 1.165) is 18.0 Å². The van der Waals surface area contributed by atoms with E-state index in [0.29, 0.717) is 0 Å². The summed E-state index contributed by atoms with van der Waals surface area (Å²) in [5.41, 5.74) is 4.61. The summed E-state index contributed by atoms with van der Waals surface area (Å²) in [5.74, 6) is 0.216. The quantitative estimate of drug-likeness (QED) is 0.363. The lowest BCUT2D eigenvalue weighted by Gasteiger charge is -2.15. The molecule has 2 heteroatoms. The lowest BCUT2D eigenvalue weighted by Crippen LogP contribution is -2.27. The van der Waals surface area contributed by atoms with Crippen molar-refractivity contribution in [1.82, 2.24) is 0 Å². The molecular formula is C10H16OSi. The van der Waals surface area contributed by atoms with Crippen LogP contribution >= 0.6 is 0 Å². The van der Waals surface area contributed by atoms with Crippen LogP contribution in [0.25, 0.3) is 0 Å². The van der Waals surface area contributed by atoms with Gasteiger partial charge in [-0.1, -0.05) is 19.6 Å². The minimum Gasteiger partial charge on any atom is -0.295 e. The molecule has 0 saturated heterocycles. The Morgan fingerprint density at radius 1 is 1.33 bits per heavy atom. The van der Waals surface area contributed by atoms with Crippen molar-refractivity contribution in [1.29, 1.82) is 0 Å². The molecule has 1 nitrogen and oxygen atoms in total. The highest BCUT2D eigenvalue weighted by molar-refractivity contribution is 6.87. The molecule has 0 aromatic heterocycles. The minimum absolute atomic E-state index is 0.216. The summed E-state index contributed by atoms with van der Waals surface area (Å²) in [7, 11) is -1.44. The van der Waals surface area contributed by atoms with Crippen LogP contribution in [0.1, 0.15) is 19.8 Å². The number of Topliss-reactive ketones (excluding diaryl/α,β-unsaturated/α-hetero) is 1. The molecule has 12 heavy (non-hydrogen) atoms. The van der Waals surface area contributed by atoms with Gasteiger partial charge in [0.15, 0.2) is 5.78 Å². The van der Waals surface area contributed by atoms with Gasteiger partial charge in [0.1, 0.15) is 0 Å². The van der Waals surface area contributed by atoms with Crippen LogP contribution in [0, 0.1) is 0 Å². The Labute approximate surface area is 75.2 Å². The highest BCUT2D eigenvalue weighted by atomic mass is 28.3. The zero-order valence-electron chi connectivity index (χ0n) is 8.32. The van der Waals surface area contributed by atoms with Crippen LogP contribution in [0.3, 0.4) is 0 Å². The van der Waals surface area contributed by atoms with E-state index in [1.54, 1.807) is 6.92 Å². The smallest absolute Gasteiger partial charge is 0.159 e. The largest absolute Gasteiger partial charge is 0.295 e. The molecule has 0 aromatic carbocycles. The van der Waals surface area contributed by atoms with Gasteiger partial charge in [0, 0.05) is 5.20 Å². The fourth-order valence-corrected chi connectivity index (χ4v) is 2.78. The maximum atomic E-state index is 11.3. The van der Waals surface area contributed by atoms with E-state index in [1.807, 2.05) is 0 Å². The molecule has 1 aliphatic carbocycles. The lowest BCUT2D eigenvalue weighted by atomic mass is 10.4. The third kappa shape index (κ3) is 2.47. The lowest BCUT2D eigenvalue weighted by molar-refractivity contribution is -0.113. The van der Waals surface area contributed by atoms with E-state index in [-0.39, 0.29) is 5.78 Å². The van der Waals surface area contributed by atoms with Crippen LogP contribution in [0.15, 0.2) is 16.5 Å². The molecule has 0 bridgehead atoms. The number of ketones is 1. The second kappa shape index (κ2) is 3.04. The highest BCUT2D eigenvalue weighted by Crippen LogP contribution is 2.28. The Kier molecular flexibility index (Phi) is 2.40. The number of rotatable bonds is 2. The van der Waals surface area contributed by atoms with Gasteiger partial charge in [-0.2, -0.15) is 0 Å². The Hall–Kier alpha value is -0.593. The second-order valence-corrected chi connectivity index (χ2v) is 9.41. The predicted molar refractivity (Wildman–Crippen MR) is 53.8 cm³/mol. The molecule has 1 fully saturated rings. The van der Waals surface area contributed by atoms with Crippen molar-refractivity contribution < 1.29 is 4.79 Å². The molecule has 1 rings (SSSR count). The Morgan fingerprint density at radius 2 is 1.83 bits per heavy atom. The Bertz CT molecular complexity index is 269. The minimum atomic E-state index is -1.44. The molecule has 0 N–H and O–H groups in total. The maximum Gasteiger partial charge on any atom is 0.159 e. The van der Waals surface area contributed by atoms with E-state index >= 15 is 0 Å². The monoisotopic (exact) mass is 180 g/mol. The SMILES string of the molecule is CC(=O)C(=C=C1CC1)[Si](C)(C)C. The van der Waals surface area contributed by atoms with Gasteiger partial charge in [-0.3, -0.25) is 4.79 Å². The average Bonchev–Trinajstić information content (AvgIpc) is 2.61. The molecule has 0 aliphatic heterocycles. The maximum absolute atomic E-state index is 11.3. The first-order chi connectivity index (χ1) is 5.41. The van der Waals surface area contributed by atoms with Crippen LogP contribution in [-0.2, 0) is 4.79 Å². The molecule has 0 amide bonds. The fraction of sp³-hybridized carbons (Fsp3) is 0.600. The van der Waals surface area contributed by atoms with Gasteiger partial charge in [0.2, 0.25) is 0 Å². The summed E-state index contributed by atoms with van der Waals surface area (Å²) in [5, 5.41) is 0.981. The molecule has 0 heterocycles. The van der Waals surface area contributed by atoms with Crippen molar-refractivity contribution in [2.24, 2.45) is 0 Å². The van der Waals surface area contributed by atoms with Crippen LogP contribution in [0.5, 0.6) is 0 Å². The van der Waals surface area contributed by atoms with Gasteiger partial charge in [0.05, 0.1) is 8.07 Å². The summed E-state index contributed by atoms with van der Waals surface area (Å²) in [4.78, 5) is 11.3. The summed E-state index contributed by atoms with van der Waals surface area (Å²) >= 11 is 0. The topological polar surface area (TPSA) is 17.1 Å². The van der Waals surface area contributed by atoms with E-state index in [4.69, 9.17) is 0 Å². The molecule has 0 unspecified atom stereocenters. The number of hydrogen-bond donors (Lipinski definition) is 0. The average molecular weight is 180 g/mol. The molecule has 0 aromatic rings. The van der Waals surface area contributed by atoms with E-state index in [2.05, 4.69) is 25.4 Å². The summed E-state index contributed by atoms with van der Waals surface area (Å²) in [6.45, 7) is 8.24. The van der Waals surface area contributed by atoms with Crippen LogP contribution in [-0.4, -0.2) is 13.9 Å². The van der Waals surface area contributed by atoms with Crippen LogP contribution in [0.4, 0.5) is 0 Å². The third-order valence-electron chi connectivity index (χ3n) is 1.90. The Morgan fingerprint density at radius 3 is 2.08 bits per heavy atom. The van der Waals surface area contributed by atoms with Crippen LogP contribution < -0.4 is 0 Å². The molecular weight excluding hydrogens is 164 g/mol. The first-order valence-corrected chi connectivity index (χ1v) is 7.91. The fourth-order valence-electron chi connectivity index (χ4n) is 1.17. The first kappa shape index (κ1) is 9.49. The van der Waals surface area contributed by atoms with E-state index < -0.39 is 8.07 Å². The molecule has 66 valence electrons. The summed E-state index contributed by atoms with van der Waals surface area (Å²) in [6.07, 6.45) is 2.31. The first-order valence-electron chi connectivity index (χ1n) is 4.41. The molecule has 1 saturated carbocycles. The van der Waals surface area contributed by atoms with E-state index in [1.165, 1.54) is 5.57 Å². The number of carbonyl (C=O) groups excluding carboxylic acids is 1. The van der Waals surface area contributed by atoms with Crippen molar-refractivity contribution in [2.75, 3.05) is 0 Å². The molecule has 1 aliphatic rings. The van der Waals surface area contributed by atoms with Crippen molar-refractivity contribution in [3.63, 3.8) is 0 Å². The summed E-state index contributed by atoms with van der Waals surface area (Å²) < 4.78 is 0. The van der Waals surface area contributed by atoms with Gasteiger partial charge in [-0.25, -0.2) is 0 Å². The van der Waals surface area contributed by atoms with Gasteiger partial charge >= 0.3 is 0 Å². The van der Waals surface area contributed by atoms with Crippen LogP contribution in [0.2, 0.25) is 19.6 Å². The second-order valence-electron chi connectivity index (χ2n) is 4.41. The molecule has 0 atom stereocenters. The zero-order valence-corrected chi connectivity index (χ0v) is 9.32. The molecule has 0 spiro atoms. The zero-order chi connectivity index (χ0) is 9.35. The predicted octanol–water partition coefficient (Wildman–Crippen LogP) is 2.70. The number of carbonyl (C=O) groups is 1. The normalized spacial score (nSPS) is 15.5. The number of allylic oxidation sites excluding steroid dienone is 1. The van der Waals surface area contributed by atoms with Gasteiger partial charge in [-0.15, -0.1) is 5.73 Å². The standard InChI is InChI=1S/C10H16OSi/c1-8(11)10(12(2,3)4)7-9-5-6-9/h5-6H2,1-4H3. The van der Waals surface area contributed by atoms with E-state index in [9.17, 15) is 4.79 Å².